The molecular weight excluding hydrogens is 494 g/mol. The zero-order chi connectivity index (χ0) is 24.6. The molecule has 11 heteroatoms. The molecule has 1 aliphatic rings. The van der Waals surface area contributed by atoms with E-state index < -0.39 is 22.0 Å². The summed E-state index contributed by atoms with van der Waals surface area (Å²) in [6.45, 7) is 4.81. The third-order valence-corrected chi connectivity index (χ3v) is 7.93. The van der Waals surface area contributed by atoms with Crippen LogP contribution in [0.3, 0.4) is 0 Å². The fraction of sp³-hybridized carbons (Fsp3) is 0.500. The molecule has 2 N–H and O–H groups in total. The maximum absolute atomic E-state index is 13.9. The minimum Gasteiger partial charge on any atom is -0.494 e. The standard InChI is InChI=1S/C24H33N3O6S.ClH/c1-3-32-20-7-5-19(6-8-20)23(24(28)26-29)27(17-18-13-15-25-16-14-18)34(30,31)22-11-9-21(10-12-22)33-4-2;/h9-16,19-20,23,29H,3-8,17H2,1-2H3,(H,26,28);1H. The maximum atomic E-state index is 13.9. The van der Waals surface area contributed by atoms with Crippen LogP contribution in [0.1, 0.15) is 45.1 Å². The number of nitrogens with one attached hydrogen (secondary N) is 1. The van der Waals surface area contributed by atoms with Gasteiger partial charge in [-0.1, -0.05) is 0 Å². The Morgan fingerprint density at radius 1 is 1.09 bits per heavy atom. The molecule has 0 radical (unpaired) electrons. The number of aromatic nitrogens is 1. The second kappa shape index (κ2) is 13.7. The lowest BCUT2D eigenvalue weighted by Crippen LogP contribution is -2.53. The molecule has 1 heterocycles. The van der Waals surface area contributed by atoms with Gasteiger partial charge in [-0.2, -0.15) is 4.31 Å². The number of carbonyl (C=O) groups is 1. The molecule has 9 nitrogen and oxygen atoms in total. The highest BCUT2D eigenvalue weighted by Gasteiger charge is 2.42. The quantitative estimate of drug-likeness (QED) is 0.339. The second-order valence-corrected chi connectivity index (χ2v) is 10.1. The van der Waals surface area contributed by atoms with Gasteiger partial charge in [-0.3, -0.25) is 15.0 Å². The van der Waals surface area contributed by atoms with Gasteiger partial charge >= 0.3 is 0 Å². The molecule has 1 amide bonds. The van der Waals surface area contributed by atoms with Gasteiger partial charge in [0.2, 0.25) is 10.0 Å². The van der Waals surface area contributed by atoms with E-state index in [0.29, 0.717) is 37.4 Å². The number of hydrogen-bond acceptors (Lipinski definition) is 7. The van der Waals surface area contributed by atoms with Crippen molar-refractivity contribution in [1.82, 2.24) is 14.8 Å². The van der Waals surface area contributed by atoms with E-state index in [-0.39, 0.29) is 35.9 Å². The van der Waals surface area contributed by atoms with Crippen molar-refractivity contribution in [3.8, 4) is 5.75 Å². The second-order valence-electron chi connectivity index (χ2n) is 8.22. The van der Waals surface area contributed by atoms with Crippen molar-refractivity contribution in [2.45, 2.75) is 63.1 Å². The number of pyridine rings is 1. The smallest absolute Gasteiger partial charge is 0.262 e. The third-order valence-electron chi connectivity index (χ3n) is 6.09. The van der Waals surface area contributed by atoms with Crippen LogP contribution >= 0.6 is 12.4 Å². The molecule has 1 aromatic heterocycles. The molecule has 1 aromatic carbocycles. The Morgan fingerprint density at radius 3 is 2.26 bits per heavy atom. The highest BCUT2D eigenvalue weighted by atomic mass is 35.5. The molecule has 0 spiro atoms. The zero-order valence-corrected chi connectivity index (χ0v) is 21.6. The van der Waals surface area contributed by atoms with E-state index in [1.807, 2.05) is 13.8 Å². The highest BCUT2D eigenvalue weighted by molar-refractivity contribution is 7.89. The molecule has 0 saturated heterocycles. The van der Waals surface area contributed by atoms with Gasteiger partial charge in [-0.15, -0.1) is 12.4 Å². The van der Waals surface area contributed by atoms with E-state index in [2.05, 4.69) is 4.98 Å². The van der Waals surface area contributed by atoms with Gasteiger partial charge in [0, 0.05) is 25.5 Å². The number of hydroxylamine groups is 1. The fourth-order valence-corrected chi connectivity index (χ4v) is 6.10. The average molecular weight is 528 g/mol. The first-order valence-corrected chi connectivity index (χ1v) is 13.0. The number of rotatable bonds is 11. The van der Waals surface area contributed by atoms with Gasteiger partial charge in [0.1, 0.15) is 11.8 Å². The largest absolute Gasteiger partial charge is 0.494 e. The van der Waals surface area contributed by atoms with E-state index in [0.717, 1.165) is 12.8 Å². The van der Waals surface area contributed by atoms with Crippen LogP contribution in [-0.4, -0.2) is 54.2 Å². The van der Waals surface area contributed by atoms with Crippen molar-refractivity contribution in [2.75, 3.05) is 13.2 Å². The normalized spacial score (nSPS) is 19.0. The molecule has 1 atom stereocenters. The molecule has 35 heavy (non-hydrogen) atoms. The SMILES string of the molecule is CCOc1ccc(S(=O)(=O)N(Cc2ccncc2)C(C(=O)NO)C2CCC(OCC)CC2)cc1.Cl. The van der Waals surface area contributed by atoms with Crippen molar-refractivity contribution in [1.29, 1.82) is 0 Å². The topological polar surface area (TPSA) is 118 Å². The Labute approximate surface area is 213 Å². The number of nitrogens with zero attached hydrogens (tertiary/aromatic N) is 2. The number of carbonyl (C=O) groups excluding carboxylic acids is 1. The van der Waals surface area contributed by atoms with Crippen LogP contribution in [0.5, 0.6) is 5.75 Å². The van der Waals surface area contributed by atoms with Gasteiger partial charge in [0.25, 0.3) is 5.91 Å². The zero-order valence-electron chi connectivity index (χ0n) is 20.0. The summed E-state index contributed by atoms with van der Waals surface area (Å²) >= 11 is 0. The first-order valence-electron chi connectivity index (χ1n) is 11.6. The molecule has 1 fully saturated rings. The van der Waals surface area contributed by atoms with Gasteiger partial charge in [-0.05, 0) is 87.4 Å². The number of benzene rings is 1. The van der Waals surface area contributed by atoms with Crippen LogP contribution in [0, 0.1) is 5.92 Å². The van der Waals surface area contributed by atoms with E-state index in [9.17, 15) is 18.4 Å². The minimum absolute atomic E-state index is 0. The number of sulfonamides is 1. The molecule has 0 bridgehead atoms. The first-order chi connectivity index (χ1) is 16.4. The van der Waals surface area contributed by atoms with Crippen LogP contribution in [0.25, 0.3) is 0 Å². The molecule has 1 saturated carbocycles. The molecule has 194 valence electrons. The van der Waals surface area contributed by atoms with Crippen molar-refractivity contribution in [3.63, 3.8) is 0 Å². The van der Waals surface area contributed by atoms with Crippen molar-refractivity contribution < 1.29 is 27.9 Å². The van der Waals surface area contributed by atoms with Crippen LogP contribution in [-0.2, 0) is 26.1 Å². The number of amides is 1. The van der Waals surface area contributed by atoms with Gasteiger partial charge in [0.05, 0.1) is 17.6 Å². The van der Waals surface area contributed by atoms with E-state index >= 15 is 0 Å². The van der Waals surface area contributed by atoms with Crippen LogP contribution < -0.4 is 10.2 Å². The van der Waals surface area contributed by atoms with E-state index in [4.69, 9.17) is 9.47 Å². The Kier molecular flexibility index (Phi) is 11.4. The summed E-state index contributed by atoms with van der Waals surface area (Å²) < 4.78 is 40.1. The van der Waals surface area contributed by atoms with E-state index in [1.165, 1.54) is 16.4 Å². The maximum Gasteiger partial charge on any atom is 0.262 e. The van der Waals surface area contributed by atoms with Crippen LogP contribution in [0.15, 0.2) is 53.7 Å². The summed E-state index contributed by atoms with van der Waals surface area (Å²) in [6.07, 6.45) is 5.90. The predicted octanol–water partition coefficient (Wildman–Crippen LogP) is 3.56. The van der Waals surface area contributed by atoms with Crippen molar-refractivity contribution >= 4 is 28.3 Å². The van der Waals surface area contributed by atoms with Crippen LogP contribution in [0.2, 0.25) is 0 Å². The predicted molar refractivity (Wildman–Crippen MR) is 133 cm³/mol. The lowest BCUT2D eigenvalue weighted by Gasteiger charge is -2.38. The third kappa shape index (κ3) is 7.37. The summed E-state index contributed by atoms with van der Waals surface area (Å²) in [6, 6.07) is 8.46. The first kappa shape index (κ1) is 29.0. The highest BCUT2D eigenvalue weighted by Crippen LogP contribution is 2.34. The minimum atomic E-state index is -4.10. The molecule has 1 unspecified atom stereocenters. The average Bonchev–Trinajstić information content (AvgIpc) is 2.86. The number of halogens is 1. The summed E-state index contributed by atoms with van der Waals surface area (Å²) in [5.41, 5.74) is 2.39. The Bertz CT molecular complexity index is 1020. The molecule has 1 aliphatic carbocycles. The molecule has 3 rings (SSSR count). The van der Waals surface area contributed by atoms with Crippen molar-refractivity contribution in [3.05, 3.63) is 54.4 Å². The Hall–Kier alpha value is -2.24. The van der Waals surface area contributed by atoms with Gasteiger partial charge < -0.3 is 9.47 Å². The Morgan fingerprint density at radius 2 is 1.71 bits per heavy atom. The lowest BCUT2D eigenvalue weighted by molar-refractivity contribution is -0.136. The fourth-order valence-electron chi connectivity index (χ4n) is 4.46. The summed E-state index contributed by atoms with van der Waals surface area (Å²) in [7, 11) is -4.10. The van der Waals surface area contributed by atoms with Gasteiger partial charge in [-0.25, -0.2) is 13.9 Å². The van der Waals surface area contributed by atoms with E-state index in [1.54, 1.807) is 42.1 Å². The molecule has 0 aliphatic heterocycles. The number of ether oxygens (including phenoxy) is 2. The van der Waals surface area contributed by atoms with Crippen LogP contribution in [0.4, 0.5) is 0 Å². The Balaban J connectivity index is 0.00000432. The van der Waals surface area contributed by atoms with Gasteiger partial charge in [0.15, 0.2) is 0 Å². The monoisotopic (exact) mass is 527 g/mol. The summed E-state index contributed by atoms with van der Waals surface area (Å²) in [5, 5.41) is 9.55. The molecule has 2 aromatic rings. The summed E-state index contributed by atoms with van der Waals surface area (Å²) in [5.74, 6) is -0.465. The number of hydrogen-bond donors (Lipinski definition) is 2. The van der Waals surface area contributed by atoms with Crippen molar-refractivity contribution in [2.24, 2.45) is 5.92 Å². The summed E-state index contributed by atoms with van der Waals surface area (Å²) in [4.78, 5) is 17.0. The molecular formula is C24H34ClN3O6S. The lowest BCUT2D eigenvalue weighted by atomic mass is 9.82.